The first-order chi connectivity index (χ1) is 10.2. The van der Waals surface area contributed by atoms with Crippen LogP contribution < -0.4 is 10.6 Å². The van der Waals surface area contributed by atoms with Crippen molar-refractivity contribution >= 4 is 11.6 Å². The van der Waals surface area contributed by atoms with Gasteiger partial charge in [-0.25, -0.2) is 9.97 Å². The Morgan fingerprint density at radius 3 is 2.48 bits per heavy atom. The van der Waals surface area contributed by atoms with Crippen molar-refractivity contribution < 1.29 is 5.11 Å². The van der Waals surface area contributed by atoms with Gasteiger partial charge in [0.25, 0.3) is 0 Å². The van der Waals surface area contributed by atoms with E-state index in [4.69, 9.17) is 0 Å². The van der Waals surface area contributed by atoms with Gasteiger partial charge in [0.1, 0.15) is 11.6 Å². The van der Waals surface area contributed by atoms with E-state index in [1.165, 1.54) is 0 Å². The smallest absolute Gasteiger partial charge is 0.163 e. The van der Waals surface area contributed by atoms with Gasteiger partial charge in [-0.2, -0.15) is 0 Å². The average Bonchev–Trinajstić information content (AvgIpc) is 3.34. The molecule has 3 rings (SSSR count). The second kappa shape index (κ2) is 5.69. The largest absolute Gasteiger partial charge is 0.396 e. The molecule has 1 fully saturated rings. The van der Waals surface area contributed by atoms with Crippen LogP contribution in [0.4, 0.5) is 11.6 Å². The molecule has 1 saturated carbocycles. The Labute approximate surface area is 124 Å². The summed E-state index contributed by atoms with van der Waals surface area (Å²) in [5.41, 5.74) is 1.04. The molecule has 21 heavy (non-hydrogen) atoms. The predicted molar refractivity (Wildman–Crippen MR) is 84.3 cm³/mol. The number of hydrogen-bond acceptors (Lipinski definition) is 5. The molecule has 0 atom stereocenters. The van der Waals surface area contributed by atoms with Crippen LogP contribution in [0.5, 0.6) is 0 Å². The Bertz CT molecular complexity index is 611. The molecule has 1 aromatic carbocycles. The van der Waals surface area contributed by atoms with Crippen molar-refractivity contribution in [2.24, 2.45) is 5.41 Å². The zero-order chi connectivity index (χ0) is 14.7. The molecule has 0 radical (unpaired) electrons. The maximum absolute atomic E-state index is 9.38. The van der Waals surface area contributed by atoms with E-state index in [1.54, 1.807) is 0 Å². The van der Waals surface area contributed by atoms with Gasteiger partial charge in [0.15, 0.2) is 5.82 Å². The molecule has 0 bridgehead atoms. The maximum Gasteiger partial charge on any atom is 0.163 e. The van der Waals surface area contributed by atoms with Crippen molar-refractivity contribution in [3.8, 4) is 11.4 Å². The molecule has 0 saturated heterocycles. The van der Waals surface area contributed by atoms with Crippen LogP contribution in [0.15, 0.2) is 36.4 Å². The number of nitrogens with zero attached hydrogens (tertiary/aromatic N) is 2. The van der Waals surface area contributed by atoms with E-state index in [-0.39, 0.29) is 12.0 Å². The van der Waals surface area contributed by atoms with Crippen LogP contribution in [0, 0.1) is 5.41 Å². The van der Waals surface area contributed by atoms with E-state index in [2.05, 4.69) is 20.6 Å². The van der Waals surface area contributed by atoms with Crippen LogP contribution >= 0.6 is 0 Å². The minimum atomic E-state index is 0.0532. The number of aliphatic hydroxyl groups excluding tert-OH is 1. The van der Waals surface area contributed by atoms with Crippen LogP contribution in [0.1, 0.15) is 12.8 Å². The molecular formula is C16H20N4O. The van der Waals surface area contributed by atoms with E-state index in [0.29, 0.717) is 5.82 Å². The predicted octanol–water partition coefficient (Wildman–Crippen LogP) is 2.37. The van der Waals surface area contributed by atoms with E-state index < -0.39 is 0 Å². The van der Waals surface area contributed by atoms with Gasteiger partial charge in [0.05, 0.1) is 6.61 Å². The van der Waals surface area contributed by atoms with Crippen LogP contribution in [0.25, 0.3) is 11.4 Å². The van der Waals surface area contributed by atoms with E-state index in [9.17, 15) is 5.11 Å². The van der Waals surface area contributed by atoms with Crippen molar-refractivity contribution in [1.29, 1.82) is 0 Å². The molecule has 3 N–H and O–H groups in total. The summed E-state index contributed by atoms with van der Waals surface area (Å²) in [6, 6.07) is 11.8. The van der Waals surface area contributed by atoms with E-state index in [1.807, 2.05) is 43.4 Å². The average molecular weight is 284 g/mol. The highest BCUT2D eigenvalue weighted by atomic mass is 16.3. The molecule has 1 aromatic heterocycles. The molecule has 2 aromatic rings. The van der Waals surface area contributed by atoms with Gasteiger partial charge in [0, 0.05) is 30.6 Å². The fourth-order valence-electron chi connectivity index (χ4n) is 2.23. The third kappa shape index (κ3) is 3.13. The Morgan fingerprint density at radius 1 is 1.14 bits per heavy atom. The summed E-state index contributed by atoms with van der Waals surface area (Å²) in [5.74, 6) is 2.26. The molecule has 110 valence electrons. The number of nitrogens with one attached hydrogen (secondary N) is 2. The summed E-state index contributed by atoms with van der Waals surface area (Å²) in [6.07, 6.45) is 2.15. The van der Waals surface area contributed by atoms with Crippen LogP contribution in [-0.4, -0.2) is 35.3 Å². The first-order valence-corrected chi connectivity index (χ1v) is 7.22. The monoisotopic (exact) mass is 284 g/mol. The fourth-order valence-corrected chi connectivity index (χ4v) is 2.23. The maximum atomic E-state index is 9.38. The molecule has 1 aliphatic rings. The Hall–Kier alpha value is -2.14. The number of benzene rings is 1. The van der Waals surface area contributed by atoms with E-state index >= 15 is 0 Å². The van der Waals surface area contributed by atoms with Gasteiger partial charge in [-0.05, 0) is 12.8 Å². The quantitative estimate of drug-likeness (QED) is 0.759. The zero-order valence-electron chi connectivity index (χ0n) is 12.1. The highest BCUT2D eigenvalue weighted by Gasteiger charge is 2.41. The Kier molecular flexibility index (Phi) is 3.75. The van der Waals surface area contributed by atoms with Gasteiger partial charge in [0.2, 0.25) is 0 Å². The lowest BCUT2D eigenvalue weighted by atomic mass is 10.1. The van der Waals surface area contributed by atoms with Crippen molar-refractivity contribution in [2.45, 2.75) is 12.8 Å². The van der Waals surface area contributed by atoms with Gasteiger partial charge in [-0.3, -0.25) is 0 Å². The first kappa shape index (κ1) is 13.8. The number of hydrogen-bond donors (Lipinski definition) is 3. The molecule has 5 nitrogen and oxygen atoms in total. The molecule has 0 unspecified atom stereocenters. The van der Waals surface area contributed by atoms with E-state index in [0.717, 1.165) is 36.6 Å². The molecule has 1 aliphatic carbocycles. The SMILES string of the molecule is CNc1cc(NCC2(CO)CC2)nc(-c2ccccc2)n1. The van der Waals surface area contributed by atoms with Gasteiger partial charge in [-0.15, -0.1) is 0 Å². The second-order valence-electron chi connectivity index (χ2n) is 5.59. The minimum Gasteiger partial charge on any atom is -0.396 e. The van der Waals surface area contributed by atoms with Gasteiger partial charge >= 0.3 is 0 Å². The van der Waals surface area contributed by atoms with Crippen molar-refractivity contribution in [2.75, 3.05) is 30.8 Å². The summed E-state index contributed by atoms with van der Waals surface area (Å²) in [5, 5.41) is 15.8. The number of rotatable bonds is 6. The first-order valence-electron chi connectivity index (χ1n) is 7.22. The van der Waals surface area contributed by atoms with Crippen molar-refractivity contribution in [3.05, 3.63) is 36.4 Å². The third-order valence-electron chi connectivity index (χ3n) is 3.95. The number of anilines is 2. The lowest BCUT2D eigenvalue weighted by molar-refractivity contribution is 0.219. The number of aliphatic hydroxyl groups is 1. The fraction of sp³-hybridized carbons (Fsp3) is 0.375. The summed E-state index contributed by atoms with van der Waals surface area (Å²) in [6.45, 7) is 0.980. The summed E-state index contributed by atoms with van der Waals surface area (Å²) in [4.78, 5) is 9.06. The Balaban J connectivity index is 1.83. The summed E-state index contributed by atoms with van der Waals surface area (Å²) >= 11 is 0. The molecule has 5 heteroatoms. The lowest BCUT2D eigenvalue weighted by Gasteiger charge is -2.14. The third-order valence-corrected chi connectivity index (χ3v) is 3.95. The summed E-state index contributed by atoms with van der Waals surface area (Å²) in [7, 11) is 1.84. The van der Waals surface area contributed by atoms with Crippen LogP contribution in [0.3, 0.4) is 0 Å². The molecular weight excluding hydrogens is 264 g/mol. The topological polar surface area (TPSA) is 70.1 Å². The zero-order valence-corrected chi connectivity index (χ0v) is 12.1. The number of aromatic nitrogens is 2. The molecule has 0 amide bonds. The highest BCUT2D eigenvalue weighted by molar-refractivity contribution is 5.61. The van der Waals surface area contributed by atoms with Crippen LogP contribution in [0.2, 0.25) is 0 Å². The normalized spacial score (nSPS) is 15.5. The second-order valence-corrected chi connectivity index (χ2v) is 5.59. The van der Waals surface area contributed by atoms with Gasteiger partial charge < -0.3 is 15.7 Å². The Morgan fingerprint density at radius 2 is 1.86 bits per heavy atom. The van der Waals surface area contributed by atoms with Crippen molar-refractivity contribution in [3.63, 3.8) is 0 Å². The standard InChI is InChI=1S/C16H20N4O/c1-17-13-9-14(18-10-16(11-21)7-8-16)20-15(19-13)12-5-3-2-4-6-12/h2-6,9,21H,7-8,10-11H2,1H3,(H2,17,18,19,20). The molecule has 0 aliphatic heterocycles. The molecule has 1 heterocycles. The summed E-state index contributed by atoms with van der Waals surface area (Å²) < 4.78 is 0. The van der Waals surface area contributed by atoms with Crippen molar-refractivity contribution in [1.82, 2.24) is 9.97 Å². The highest BCUT2D eigenvalue weighted by Crippen LogP contribution is 2.44. The van der Waals surface area contributed by atoms with Crippen LogP contribution in [-0.2, 0) is 0 Å². The lowest BCUT2D eigenvalue weighted by Crippen LogP contribution is -2.19. The van der Waals surface area contributed by atoms with Gasteiger partial charge in [-0.1, -0.05) is 30.3 Å². The molecule has 0 spiro atoms. The minimum absolute atomic E-state index is 0.0532.